The first-order valence-electron chi connectivity index (χ1n) is 6.67. The zero-order valence-electron chi connectivity index (χ0n) is 11.8. The number of nitrogens with one attached hydrogen (secondary N) is 1. The molecule has 5 heteroatoms. The molecule has 0 radical (unpaired) electrons. The third-order valence-electron chi connectivity index (χ3n) is 3.00. The minimum Gasteiger partial charge on any atom is -0.354 e. The first kappa shape index (κ1) is 14.9. The third-order valence-corrected chi connectivity index (χ3v) is 3.78. The van der Waals surface area contributed by atoms with E-state index < -0.39 is 0 Å². The molecule has 0 amide bonds. The predicted octanol–water partition coefficient (Wildman–Crippen LogP) is 2.99. The van der Waals surface area contributed by atoms with E-state index in [4.69, 9.17) is 0 Å². The number of hydrogen-bond acceptors (Lipinski definition) is 4. The minimum absolute atomic E-state index is 0.762. The quantitative estimate of drug-likeness (QED) is 0.881. The van der Waals surface area contributed by atoms with Crippen molar-refractivity contribution in [2.75, 3.05) is 18.5 Å². The molecule has 0 fully saturated rings. The van der Waals surface area contributed by atoms with Crippen LogP contribution in [-0.2, 0) is 13.1 Å². The lowest BCUT2D eigenvalue weighted by molar-refractivity contribution is 0.706. The number of rotatable bonds is 6. The maximum Gasteiger partial charge on any atom is 0.147 e. The van der Waals surface area contributed by atoms with E-state index in [-0.39, 0.29) is 0 Å². The molecule has 0 bridgehead atoms. The molecule has 0 aliphatic heterocycles. The second-order valence-electron chi connectivity index (χ2n) is 4.59. The lowest BCUT2D eigenvalue weighted by atomic mass is 10.2. The van der Waals surface area contributed by atoms with Gasteiger partial charge < -0.3 is 10.2 Å². The number of benzene rings is 1. The van der Waals surface area contributed by atoms with Crippen molar-refractivity contribution in [1.29, 1.82) is 0 Å². The van der Waals surface area contributed by atoms with Crippen molar-refractivity contribution in [3.63, 3.8) is 0 Å². The van der Waals surface area contributed by atoms with Crippen molar-refractivity contribution >= 4 is 21.7 Å². The predicted molar refractivity (Wildman–Crippen MR) is 85.7 cm³/mol. The number of nitrogens with zero attached hydrogens (tertiary/aromatic N) is 3. The standard InChI is InChI=1S/C15H19BrN4/c1-3-17-8-13-9-19-15(10-18-13)20(2)11-12-6-4-5-7-14(12)16/h4-7,9-10,17H,3,8,11H2,1-2H3. The molecule has 20 heavy (non-hydrogen) atoms. The van der Waals surface area contributed by atoms with Gasteiger partial charge in [0, 0.05) is 24.6 Å². The van der Waals surface area contributed by atoms with E-state index in [0.717, 1.165) is 35.6 Å². The van der Waals surface area contributed by atoms with Gasteiger partial charge in [-0.3, -0.25) is 4.98 Å². The summed E-state index contributed by atoms with van der Waals surface area (Å²) in [5.41, 5.74) is 2.19. The average molecular weight is 335 g/mol. The molecule has 2 aromatic rings. The SMILES string of the molecule is CCNCc1cnc(N(C)Cc2ccccc2Br)cn1. The Morgan fingerprint density at radius 3 is 2.65 bits per heavy atom. The molecule has 1 heterocycles. The fraction of sp³-hybridized carbons (Fsp3) is 0.333. The first-order valence-corrected chi connectivity index (χ1v) is 7.46. The van der Waals surface area contributed by atoms with Crippen LogP contribution >= 0.6 is 15.9 Å². The lowest BCUT2D eigenvalue weighted by Crippen LogP contribution is -2.19. The average Bonchev–Trinajstić information content (AvgIpc) is 2.48. The Bertz CT molecular complexity index is 542. The summed E-state index contributed by atoms with van der Waals surface area (Å²) in [6.45, 7) is 4.57. The van der Waals surface area contributed by atoms with Gasteiger partial charge in [-0.2, -0.15) is 0 Å². The van der Waals surface area contributed by atoms with Gasteiger partial charge in [-0.25, -0.2) is 4.98 Å². The van der Waals surface area contributed by atoms with Gasteiger partial charge in [0.2, 0.25) is 0 Å². The second kappa shape index (κ2) is 7.36. The van der Waals surface area contributed by atoms with Crippen LogP contribution in [0.2, 0.25) is 0 Å². The van der Waals surface area contributed by atoms with Gasteiger partial charge >= 0.3 is 0 Å². The highest BCUT2D eigenvalue weighted by Gasteiger charge is 2.06. The number of aromatic nitrogens is 2. The monoisotopic (exact) mass is 334 g/mol. The zero-order valence-corrected chi connectivity index (χ0v) is 13.4. The van der Waals surface area contributed by atoms with E-state index in [1.165, 1.54) is 5.56 Å². The Balaban J connectivity index is 2.02. The summed E-state index contributed by atoms with van der Waals surface area (Å²) in [6.07, 6.45) is 3.65. The molecule has 4 nitrogen and oxygen atoms in total. The molecule has 1 aromatic heterocycles. The van der Waals surface area contributed by atoms with E-state index >= 15 is 0 Å². The molecule has 0 saturated carbocycles. The van der Waals surface area contributed by atoms with Gasteiger partial charge in [0.15, 0.2) is 0 Å². The lowest BCUT2D eigenvalue weighted by Gasteiger charge is -2.18. The summed E-state index contributed by atoms with van der Waals surface area (Å²) < 4.78 is 1.11. The molecule has 0 unspecified atom stereocenters. The molecule has 1 aromatic carbocycles. The number of hydrogen-bond donors (Lipinski definition) is 1. The van der Waals surface area contributed by atoms with Crippen LogP contribution in [0.4, 0.5) is 5.82 Å². The Hall–Kier alpha value is -1.46. The van der Waals surface area contributed by atoms with Crippen molar-refractivity contribution in [3.05, 3.63) is 52.4 Å². The Morgan fingerprint density at radius 1 is 1.20 bits per heavy atom. The molecular formula is C15H19BrN4. The molecule has 106 valence electrons. The molecule has 0 aliphatic rings. The maximum absolute atomic E-state index is 4.47. The van der Waals surface area contributed by atoms with Crippen molar-refractivity contribution < 1.29 is 0 Å². The van der Waals surface area contributed by atoms with Crippen LogP contribution in [0.3, 0.4) is 0 Å². The summed E-state index contributed by atoms with van der Waals surface area (Å²) in [6, 6.07) is 8.21. The summed E-state index contributed by atoms with van der Waals surface area (Å²) in [5, 5.41) is 3.24. The van der Waals surface area contributed by atoms with Crippen LogP contribution < -0.4 is 10.2 Å². The van der Waals surface area contributed by atoms with Crippen molar-refractivity contribution in [1.82, 2.24) is 15.3 Å². The van der Waals surface area contributed by atoms with Crippen LogP contribution in [0, 0.1) is 0 Å². The van der Waals surface area contributed by atoms with Gasteiger partial charge in [-0.15, -0.1) is 0 Å². The molecule has 0 spiro atoms. The fourth-order valence-corrected chi connectivity index (χ4v) is 2.26. The van der Waals surface area contributed by atoms with Crippen molar-refractivity contribution in [2.45, 2.75) is 20.0 Å². The molecule has 0 aliphatic carbocycles. The largest absolute Gasteiger partial charge is 0.354 e. The van der Waals surface area contributed by atoms with E-state index in [0.29, 0.717) is 0 Å². The summed E-state index contributed by atoms with van der Waals surface area (Å²) in [4.78, 5) is 11.0. The van der Waals surface area contributed by atoms with Crippen LogP contribution in [-0.4, -0.2) is 23.6 Å². The Kier molecular flexibility index (Phi) is 5.49. The highest BCUT2D eigenvalue weighted by Crippen LogP contribution is 2.19. The van der Waals surface area contributed by atoms with Gasteiger partial charge in [0.1, 0.15) is 5.82 Å². The molecule has 0 atom stereocenters. The Morgan fingerprint density at radius 2 is 2.00 bits per heavy atom. The van der Waals surface area contributed by atoms with E-state index in [1.807, 2.05) is 37.6 Å². The van der Waals surface area contributed by atoms with E-state index in [2.05, 4.69) is 49.1 Å². The first-order chi connectivity index (χ1) is 9.70. The number of halogens is 1. The van der Waals surface area contributed by atoms with Crippen LogP contribution in [0.15, 0.2) is 41.1 Å². The van der Waals surface area contributed by atoms with Crippen LogP contribution in [0.1, 0.15) is 18.2 Å². The highest BCUT2D eigenvalue weighted by atomic mass is 79.9. The third kappa shape index (κ3) is 4.02. The van der Waals surface area contributed by atoms with Crippen molar-refractivity contribution in [2.24, 2.45) is 0 Å². The number of anilines is 1. The topological polar surface area (TPSA) is 41.1 Å². The summed E-state index contributed by atoms with van der Waals surface area (Å²) in [5.74, 6) is 0.876. The summed E-state index contributed by atoms with van der Waals surface area (Å²) >= 11 is 3.57. The molecule has 1 N–H and O–H groups in total. The smallest absolute Gasteiger partial charge is 0.147 e. The van der Waals surface area contributed by atoms with Gasteiger partial charge in [0.25, 0.3) is 0 Å². The molecule has 0 saturated heterocycles. The molecule has 2 rings (SSSR count). The normalized spacial score (nSPS) is 10.6. The van der Waals surface area contributed by atoms with Crippen LogP contribution in [0.5, 0.6) is 0 Å². The van der Waals surface area contributed by atoms with Gasteiger partial charge in [-0.05, 0) is 18.2 Å². The maximum atomic E-state index is 4.47. The minimum atomic E-state index is 0.762. The zero-order chi connectivity index (χ0) is 14.4. The second-order valence-corrected chi connectivity index (χ2v) is 5.45. The van der Waals surface area contributed by atoms with E-state index in [1.54, 1.807) is 0 Å². The fourth-order valence-electron chi connectivity index (χ4n) is 1.85. The summed E-state index contributed by atoms with van der Waals surface area (Å²) in [7, 11) is 2.02. The van der Waals surface area contributed by atoms with E-state index in [9.17, 15) is 0 Å². The highest BCUT2D eigenvalue weighted by molar-refractivity contribution is 9.10. The van der Waals surface area contributed by atoms with Crippen molar-refractivity contribution in [3.8, 4) is 0 Å². The van der Waals surface area contributed by atoms with Crippen LogP contribution in [0.25, 0.3) is 0 Å². The van der Waals surface area contributed by atoms with Gasteiger partial charge in [-0.1, -0.05) is 41.1 Å². The van der Waals surface area contributed by atoms with Gasteiger partial charge in [0.05, 0.1) is 18.1 Å². The molecular weight excluding hydrogens is 316 g/mol. The Labute approximate surface area is 128 Å².